The summed E-state index contributed by atoms with van der Waals surface area (Å²) < 4.78 is 14.5. The topological polar surface area (TPSA) is 118 Å². The minimum Gasteiger partial charge on any atom is -0.272 e. The van der Waals surface area contributed by atoms with Gasteiger partial charge in [-0.25, -0.2) is 9.07 Å². The average molecular weight is 405 g/mol. The van der Waals surface area contributed by atoms with E-state index in [0.29, 0.717) is 17.1 Å². The molecule has 2 heterocycles. The molecule has 9 nitrogen and oxygen atoms in total. The fourth-order valence-corrected chi connectivity index (χ4v) is 2.80. The fourth-order valence-electron chi connectivity index (χ4n) is 2.80. The number of carbonyl (C=O) groups excluding carboxylic acids is 2. The Morgan fingerprint density at radius 1 is 1.00 bits per heavy atom. The van der Waals surface area contributed by atoms with Gasteiger partial charge in [0.05, 0.1) is 17.1 Å². The molecule has 0 saturated carbocycles. The van der Waals surface area contributed by atoms with Crippen LogP contribution in [0.15, 0.2) is 60.7 Å². The molecule has 2 amide bonds. The Bertz CT molecular complexity index is 1200. The van der Waals surface area contributed by atoms with Crippen LogP contribution in [0.2, 0.25) is 0 Å². The van der Waals surface area contributed by atoms with Crippen molar-refractivity contribution in [3.63, 3.8) is 0 Å². The Balaban J connectivity index is 1.42. The van der Waals surface area contributed by atoms with Crippen molar-refractivity contribution in [2.75, 3.05) is 0 Å². The first-order valence-corrected chi connectivity index (χ1v) is 8.92. The Hall–Kier alpha value is -4.34. The molecule has 150 valence electrons. The largest absolute Gasteiger partial charge is 0.292 e. The molecular weight excluding hydrogens is 389 g/mol. The monoisotopic (exact) mass is 405 g/mol. The number of amides is 2. The first kappa shape index (κ1) is 19.0. The molecule has 0 atom stereocenters. The standard InChI is InChI=1S/C20H16FN7O2/c1-12-18(24-27-28(12)15-9-7-14(21)8-10-15)20(30)26-25-19(29)17-11-16(22-23-17)13-5-3-2-4-6-13/h2-11H,1H3,(H,22,23)(H,25,29)(H,26,30). The van der Waals surface area contributed by atoms with Crippen molar-refractivity contribution in [1.82, 2.24) is 36.0 Å². The Labute approximate surface area is 169 Å². The third kappa shape index (κ3) is 3.78. The minimum atomic E-state index is -0.642. The van der Waals surface area contributed by atoms with E-state index in [-0.39, 0.29) is 17.2 Å². The van der Waals surface area contributed by atoms with Crippen LogP contribution in [0.25, 0.3) is 16.9 Å². The maximum atomic E-state index is 13.1. The van der Waals surface area contributed by atoms with Crippen molar-refractivity contribution in [3.8, 4) is 16.9 Å². The summed E-state index contributed by atoms with van der Waals surface area (Å²) >= 11 is 0. The summed E-state index contributed by atoms with van der Waals surface area (Å²) in [5.41, 5.74) is 7.25. The van der Waals surface area contributed by atoms with Gasteiger partial charge in [0.25, 0.3) is 11.8 Å². The molecule has 0 fully saturated rings. The van der Waals surface area contributed by atoms with Crippen molar-refractivity contribution in [2.45, 2.75) is 6.92 Å². The van der Waals surface area contributed by atoms with Crippen LogP contribution in [0.5, 0.6) is 0 Å². The van der Waals surface area contributed by atoms with Gasteiger partial charge < -0.3 is 0 Å². The molecule has 0 aliphatic rings. The summed E-state index contributed by atoms with van der Waals surface area (Å²) in [7, 11) is 0. The summed E-state index contributed by atoms with van der Waals surface area (Å²) in [6.45, 7) is 1.64. The molecule has 0 radical (unpaired) electrons. The van der Waals surface area contributed by atoms with Crippen LogP contribution >= 0.6 is 0 Å². The van der Waals surface area contributed by atoms with Crippen LogP contribution in [0, 0.1) is 12.7 Å². The number of aromatic amines is 1. The quantitative estimate of drug-likeness (QED) is 0.450. The lowest BCUT2D eigenvalue weighted by Crippen LogP contribution is -2.42. The molecule has 4 aromatic rings. The van der Waals surface area contributed by atoms with Crippen LogP contribution in [0.1, 0.15) is 26.7 Å². The maximum Gasteiger partial charge on any atom is 0.292 e. The predicted molar refractivity (Wildman–Crippen MR) is 105 cm³/mol. The van der Waals surface area contributed by atoms with Crippen LogP contribution in [-0.2, 0) is 0 Å². The van der Waals surface area contributed by atoms with Gasteiger partial charge in [0.1, 0.15) is 11.5 Å². The van der Waals surface area contributed by atoms with Gasteiger partial charge in [0.15, 0.2) is 5.69 Å². The zero-order chi connectivity index (χ0) is 21.1. The number of benzene rings is 2. The van der Waals surface area contributed by atoms with Gasteiger partial charge in [-0.1, -0.05) is 35.5 Å². The SMILES string of the molecule is Cc1c(C(=O)NNC(=O)c2cc(-c3ccccc3)n[nH]2)nnn1-c1ccc(F)cc1. The second-order valence-electron chi connectivity index (χ2n) is 6.35. The maximum absolute atomic E-state index is 13.1. The molecule has 0 saturated heterocycles. The van der Waals surface area contributed by atoms with Gasteiger partial charge in [0.2, 0.25) is 0 Å². The van der Waals surface area contributed by atoms with Crippen molar-refractivity contribution < 1.29 is 14.0 Å². The third-order valence-corrected chi connectivity index (χ3v) is 4.36. The molecule has 0 bridgehead atoms. The minimum absolute atomic E-state index is 0.0224. The van der Waals surface area contributed by atoms with Gasteiger partial charge >= 0.3 is 0 Å². The number of rotatable bonds is 4. The summed E-state index contributed by atoms with van der Waals surface area (Å²) in [5.74, 6) is -1.59. The summed E-state index contributed by atoms with van der Waals surface area (Å²) in [4.78, 5) is 24.7. The fraction of sp³-hybridized carbons (Fsp3) is 0.0500. The zero-order valence-corrected chi connectivity index (χ0v) is 15.8. The first-order valence-electron chi connectivity index (χ1n) is 8.92. The van der Waals surface area contributed by atoms with Crippen LogP contribution in [0.4, 0.5) is 4.39 Å². The van der Waals surface area contributed by atoms with Gasteiger partial charge in [-0.05, 0) is 37.3 Å². The molecule has 3 N–H and O–H groups in total. The average Bonchev–Trinajstić information content (AvgIpc) is 3.40. The highest BCUT2D eigenvalue weighted by Gasteiger charge is 2.19. The number of hydrogen-bond acceptors (Lipinski definition) is 5. The lowest BCUT2D eigenvalue weighted by molar-refractivity contribution is 0.0840. The second kappa shape index (κ2) is 7.95. The molecule has 4 rings (SSSR count). The van der Waals surface area contributed by atoms with Gasteiger partial charge in [-0.2, -0.15) is 5.10 Å². The highest BCUT2D eigenvalue weighted by atomic mass is 19.1. The predicted octanol–water partition coefficient (Wildman–Crippen LogP) is 2.18. The molecule has 30 heavy (non-hydrogen) atoms. The molecule has 0 aliphatic heterocycles. The number of carbonyl (C=O) groups is 2. The van der Waals surface area contributed by atoms with Crippen molar-refractivity contribution in [1.29, 1.82) is 0 Å². The number of hydrogen-bond donors (Lipinski definition) is 3. The molecule has 2 aromatic heterocycles. The van der Waals surface area contributed by atoms with E-state index < -0.39 is 11.8 Å². The molecule has 10 heteroatoms. The normalized spacial score (nSPS) is 10.6. The highest BCUT2D eigenvalue weighted by molar-refractivity contribution is 5.98. The van der Waals surface area contributed by atoms with Crippen LogP contribution in [-0.4, -0.2) is 37.0 Å². The van der Waals surface area contributed by atoms with E-state index in [4.69, 9.17) is 0 Å². The number of aromatic nitrogens is 5. The van der Waals surface area contributed by atoms with Crippen molar-refractivity contribution in [2.24, 2.45) is 0 Å². The van der Waals surface area contributed by atoms with E-state index in [1.54, 1.807) is 13.0 Å². The van der Waals surface area contributed by atoms with E-state index in [1.807, 2.05) is 30.3 Å². The van der Waals surface area contributed by atoms with Crippen LogP contribution < -0.4 is 10.9 Å². The molecule has 0 unspecified atom stereocenters. The molecule has 0 aliphatic carbocycles. The zero-order valence-electron chi connectivity index (χ0n) is 15.8. The van der Waals surface area contributed by atoms with E-state index in [9.17, 15) is 14.0 Å². The number of hydrazine groups is 1. The first-order chi connectivity index (χ1) is 14.5. The van der Waals surface area contributed by atoms with E-state index in [2.05, 4.69) is 31.4 Å². The summed E-state index contributed by atoms with van der Waals surface area (Å²) in [6.07, 6.45) is 0. The summed E-state index contributed by atoms with van der Waals surface area (Å²) in [6, 6.07) is 16.5. The van der Waals surface area contributed by atoms with Crippen molar-refractivity contribution >= 4 is 11.8 Å². The van der Waals surface area contributed by atoms with Crippen LogP contribution in [0.3, 0.4) is 0 Å². The lowest BCUT2D eigenvalue weighted by atomic mass is 10.1. The lowest BCUT2D eigenvalue weighted by Gasteiger charge is -2.06. The van der Waals surface area contributed by atoms with Crippen molar-refractivity contribution in [3.05, 3.63) is 83.6 Å². The Kier molecular flexibility index (Phi) is 5.04. The molecule has 2 aromatic carbocycles. The van der Waals surface area contributed by atoms with E-state index >= 15 is 0 Å². The van der Waals surface area contributed by atoms with Gasteiger partial charge in [0, 0.05) is 5.56 Å². The Morgan fingerprint density at radius 3 is 2.43 bits per heavy atom. The number of halogens is 1. The smallest absolute Gasteiger partial charge is 0.272 e. The highest BCUT2D eigenvalue weighted by Crippen LogP contribution is 2.17. The Morgan fingerprint density at radius 2 is 1.70 bits per heavy atom. The number of nitrogens with zero attached hydrogens (tertiary/aromatic N) is 4. The number of H-pyrrole nitrogens is 1. The second-order valence-corrected chi connectivity index (χ2v) is 6.35. The van der Waals surface area contributed by atoms with E-state index in [0.717, 1.165) is 5.56 Å². The van der Waals surface area contributed by atoms with Gasteiger partial charge in [-0.15, -0.1) is 5.10 Å². The number of nitrogens with one attached hydrogen (secondary N) is 3. The summed E-state index contributed by atoms with van der Waals surface area (Å²) in [5, 5.41) is 14.5. The van der Waals surface area contributed by atoms with Gasteiger partial charge in [-0.3, -0.25) is 25.5 Å². The third-order valence-electron chi connectivity index (χ3n) is 4.36. The molecule has 0 spiro atoms. The molecular formula is C20H16FN7O2. The van der Waals surface area contributed by atoms with E-state index in [1.165, 1.54) is 28.9 Å².